The predicted molar refractivity (Wildman–Crippen MR) is 64.3 cm³/mol. The van der Waals surface area contributed by atoms with Crippen LogP contribution in [-0.4, -0.2) is 0 Å². The fourth-order valence-electron chi connectivity index (χ4n) is 3.04. The molecule has 1 fully saturated rings. The van der Waals surface area contributed by atoms with Crippen LogP contribution in [0, 0.1) is 17.8 Å². The topological polar surface area (TPSA) is 0 Å². The predicted octanol–water partition coefficient (Wildman–Crippen LogP) is 4.81. The Morgan fingerprint density at radius 2 is 1.93 bits per heavy atom. The van der Waals surface area contributed by atoms with Crippen LogP contribution in [0.1, 0.15) is 59.3 Å². The second-order valence-corrected chi connectivity index (χ2v) is 5.07. The van der Waals surface area contributed by atoms with Gasteiger partial charge in [-0.25, -0.2) is 0 Å². The zero-order valence-electron chi connectivity index (χ0n) is 10.2. The normalized spacial score (nSPS) is 32.9. The zero-order valence-corrected chi connectivity index (χ0v) is 10.2. The second-order valence-electron chi connectivity index (χ2n) is 5.07. The van der Waals surface area contributed by atoms with Gasteiger partial charge in [0.15, 0.2) is 0 Å². The highest BCUT2D eigenvalue weighted by atomic mass is 14.3. The molecule has 0 saturated heterocycles. The van der Waals surface area contributed by atoms with Gasteiger partial charge in [0, 0.05) is 0 Å². The van der Waals surface area contributed by atoms with Crippen LogP contribution in [0.5, 0.6) is 0 Å². The van der Waals surface area contributed by atoms with Gasteiger partial charge >= 0.3 is 0 Å². The summed E-state index contributed by atoms with van der Waals surface area (Å²) in [5.74, 6) is 2.82. The van der Waals surface area contributed by atoms with E-state index in [1.165, 1.54) is 44.1 Å². The molecule has 1 rings (SSSR count). The third-order valence-electron chi connectivity index (χ3n) is 4.02. The molecule has 0 aromatic rings. The molecule has 82 valence electrons. The van der Waals surface area contributed by atoms with Crippen LogP contribution < -0.4 is 0 Å². The minimum absolute atomic E-state index is 0.828. The fourth-order valence-corrected chi connectivity index (χ4v) is 3.04. The summed E-state index contributed by atoms with van der Waals surface area (Å²) in [5, 5.41) is 0. The largest absolute Gasteiger partial charge is 0.0999 e. The standard InChI is InChI=1S/C14H26/c1-5-7-14-10-13(11(3)4)9-8-12(14)6-2/h12-14H,3,5-10H2,1-2,4H3. The van der Waals surface area contributed by atoms with Gasteiger partial charge in [-0.2, -0.15) is 0 Å². The molecule has 14 heavy (non-hydrogen) atoms. The minimum atomic E-state index is 0.828. The van der Waals surface area contributed by atoms with E-state index in [1.54, 1.807) is 0 Å². The first kappa shape index (κ1) is 11.8. The van der Waals surface area contributed by atoms with Crippen molar-refractivity contribution in [1.29, 1.82) is 0 Å². The molecule has 3 unspecified atom stereocenters. The smallest absolute Gasteiger partial charge is 0.0206 e. The summed E-state index contributed by atoms with van der Waals surface area (Å²) >= 11 is 0. The van der Waals surface area contributed by atoms with Crippen molar-refractivity contribution in [3.05, 3.63) is 12.2 Å². The molecule has 0 nitrogen and oxygen atoms in total. The molecule has 0 heteroatoms. The Morgan fingerprint density at radius 3 is 2.43 bits per heavy atom. The molecule has 1 aliphatic rings. The lowest BCUT2D eigenvalue weighted by Crippen LogP contribution is -2.24. The van der Waals surface area contributed by atoms with E-state index in [-0.39, 0.29) is 0 Å². The Hall–Kier alpha value is -0.260. The van der Waals surface area contributed by atoms with Crippen molar-refractivity contribution in [2.75, 3.05) is 0 Å². The maximum Gasteiger partial charge on any atom is -0.0206 e. The molecule has 0 N–H and O–H groups in total. The van der Waals surface area contributed by atoms with Gasteiger partial charge in [-0.3, -0.25) is 0 Å². The maximum absolute atomic E-state index is 4.12. The average molecular weight is 194 g/mol. The first-order valence-electron chi connectivity index (χ1n) is 6.34. The van der Waals surface area contributed by atoms with Crippen molar-refractivity contribution in [2.24, 2.45) is 17.8 Å². The Balaban J connectivity index is 2.52. The van der Waals surface area contributed by atoms with E-state index in [2.05, 4.69) is 27.4 Å². The van der Waals surface area contributed by atoms with Crippen molar-refractivity contribution in [3.63, 3.8) is 0 Å². The Labute approximate surface area is 89.8 Å². The minimum Gasteiger partial charge on any atom is -0.0999 e. The quantitative estimate of drug-likeness (QED) is 0.564. The Kier molecular flexibility index (Phi) is 4.71. The molecular formula is C14H26. The van der Waals surface area contributed by atoms with Crippen LogP contribution >= 0.6 is 0 Å². The lowest BCUT2D eigenvalue weighted by Gasteiger charge is -2.36. The van der Waals surface area contributed by atoms with Crippen LogP contribution in [-0.2, 0) is 0 Å². The van der Waals surface area contributed by atoms with Crippen molar-refractivity contribution >= 4 is 0 Å². The summed E-state index contributed by atoms with van der Waals surface area (Å²) in [7, 11) is 0. The molecule has 1 saturated carbocycles. The lowest BCUT2D eigenvalue weighted by molar-refractivity contribution is 0.180. The third kappa shape index (κ3) is 2.87. The van der Waals surface area contributed by atoms with Gasteiger partial charge in [-0.1, -0.05) is 45.3 Å². The average Bonchev–Trinajstić information content (AvgIpc) is 2.18. The maximum atomic E-state index is 4.12. The van der Waals surface area contributed by atoms with Crippen molar-refractivity contribution in [3.8, 4) is 0 Å². The molecule has 0 radical (unpaired) electrons. The highest BCUT2D eigenvalue weighted by Gasteiger charge is 2.28. The van der Waals surface area contributed by atoms with Crippen molar-refractivity contribution in [1.82, 2.24) is 0 Å². The third-order valence-corrected chi connectivity index (χ3v) is 4.02. The molecule has 0 amide bonds. The highest BCUT2D eigenvalue weighted by Crippen LogP contribution is 2.40. The zero-order chi connectivity index (χ0) is 10.6. The van der Waals surface area contributed by atoms with E-state index >= 15 is 0 Å². The van der Waals surface area contributed by atoms with Crippen LogP contribution in [0.3, 0.4) is 0 Å². The monoisotopic (exact) mass is 194 g/mol. The SMILES string of the molecule is C=C(C)C1CCC(CC)C(CCC)C1. The van der Waals surface area contributed by atoms with Crippen LogP contribution in [0.15, 0.2) is 12.2 Å². The molecule has 0 spiro atoms. The van der Waals surface area contributed by atoms with E-state index in [0.29, 0.717) is 0 Å². The summed E-state index contributed by atoms with van der Waals surface area (Å²) in [5.41, 5.74) is 1.42. The number of allylic oxidation sites excluding steroid dienone is 1. The summed E-state index contributed by atoms with van der Waals surface area (Å²) in [6.45, 7) is 11.0. The van der Waals surface area contributed by atoms with Gasteiger partial charge in [-0.15, -0.1) is 0 Å². The number of hydrogen-bond donors (Lipinski definition) is 0. The van der Waals surface area contributed by atoms with E-state index in [9.17, 15) is 0 Å². The van der Waals surface area contributed by atoms with E-state index < -0.39 is 0 Å². The van der Waals surface area contributed by atoms with Gasteiger partial charge < -0.3 is 0 Å². The van der Waals surface area contributed by atoms with Gasteiger partial charge in [0.05, 0.1) is 0 Å². The van der Waals surface area contributed by atoms with Crippen molar-refractivity contribution in [2.45, 2.75) is 59.3 Å². The van der Waals surface area contributed by atoms with Gasteiger partial charge in [0.25, 0.3) is 0 Å². The van der Waals surface area contributed by atoms with Gasteiger partial charge in [0.1, 0.15) is 0 Å². The Bertz CT molecular complexity index is 180. The highest BCUT2D eigenvalue weighted by molar-refractivity contribution is 4.99. The second kappa shape index (κ2) is 5.58. The van der Waals surface area contributed by atoms with E-state index in [4.69, 9.17) is 0 Å². The molecular weight excluding hydrogens is 168 g/mol. The molecule has 3 atom stereocenters. The Morgan fingerprint density at radius 1 is 1.21 bits per heavy atom. The summed E-state index contributed by atoms with van der Waals surface area (Å²) < 4.78 is 0. The molecule has 0 aromatic carbocycles. The molecule has 0 aromatic heterocycles. The summed E-state index contributed by atoms with van der Waals surface area (Å²) in [6, 6.07) is 0. The molecule has 0 aliphatic heterocycles. The lowest BCUT2D eigenvalue weighted by atomic mass is 9.70. The summed E-state index contributed by atoms with van der Waals surface area (Å²) in [6.07, 6.45) is 8.42. The van der Waals surface area contributed by atoms with Gasteiger partial charge in [0.2, 0.25) is 0 Å². The molecule has 0 bridgehead atoms. The molecule has 1 aliphatic carbocycles. The first-order valence-corrected chi connectivity index (χ1v) is 6.34. The number of rotatable bonds is 4. The van der Waals surface area contributed by atoms with Crippen LogP contribution in [0.25, 0.3) is 0 Å². The van der Waals surface area contributed by atoms with Crippen LogP contribution in [0.2, 0.25) is 0 Å². The van der Waals surface area contributed by atoms with Gasteiger partial charge in [-0.05, 0) is 43.9 Å². The van der Waals surface area contributed by atoms with E-state index in [1.807, 2.05) is 0 Å². The first-order chi connectivity index (χ1) is 6.69. The van der Waals surface area contributed by atoms with Crippen LogP contribution in [0.4, 0.5) is 0 Å². The summed E-state index contributed by atoms with van der Waals surface area (Å²) in [4.78, 5) is 0. The molecule has 0 heterocycles. The fraction of sp³-hybridized carbons (Fsp3) is 0.857. The number of hydrogen-bond acceptors (Lipinski definition) is 0. The van der Waals surface area contributed by atoms with E-state index in [0.717, 1.165) is 17.8 Å². The van der Waals surface area contributed by atoms with Crippen molar-refractivity contribution < 1.29 is 0 Å².